The maximum absolute atomic E-state index is 6.00. The quantitative estimate of drug-likeness (QED) is 0.704. The number of fused-ring (bicyclic) bond motifs is 1. The SMILES string of the molecule is C[Si](C)Oc1ccc(C(C)(C)C)c2ccccc12. The summed E-state index contributed by atoms with van der Waals surface area (Å²) in [5.74, 6) is 1.03. The van der Waals surface area contributed by atoms with Crippen LogP contribution >= 0.6 is 0 Å². The van der Waals surface area contributed by atoms with Crippen LogP contribution in [-0.2, 0) is 5.41 Å². The van der Waals surface area contributed by atoms with Crippen LogP contribution in [0.5, 0.6) is 5.75 Å². The molecule has 0 aliphatic heterocycles. The van der Waals surface area contributed by atoms with Crippen molar-refractivity contribution in [3.8, 4) is 5.75 Å². The highest BCUT2D eigenvalue weighted by Crippen LogP contribution is 2.35. The number of rotatable bonds is 2. The summed E-state index contributed by atoms with van der Waals surface area (Å²) in [6.07, 6.45) is 0. The van der Waals surface area contributed by atoms with Gasteiger partial charge in [0.05, 0.1) is 0 Å². The summed E-state index contributed by atoms with van der Waals surface area (Å²) in [4.78, 5) is 0. The van der Waals surface area contributed by atoms with E-state index in [0.29, 0.717) is 0 Å². The van der Waals surface area contributed by atoms with Gasteiger partial charge in [-0.2, -0.15) is 0 Å². The molecule has 1 nitrogen and oxygen atoms in total. The standard InChI is InChI=1S/C16H21OSi/c1-16(2,3)14-10-11-15(17-18(4)5)13-9-7-6-8-12(13)14/h6-11H,1-5H3. The first kappa shape index (κ1) is 13.2. The summed E-state index contributed by atoms with van der Waals surface area (Å²) in [6.45, 7) is 11.1. The molecule has 0 aliphatic carbocycles. The van der Waals surface area contributed by atoms with Crippen LogP contribution in [0.15, 0.2) is 36.4 Å². The van der Waals surface area contributed by atoms with Gasteiger partial charge in [0.15, 0.2) is 0 Å². The van der Waals surface area contributed by atoms with E-state index in [9.17, 15) is 0 Å². The van der Waals surface area contributed by atoms with Crippen LogP contribution in [-0.4, -0.2) is 9.04 Å². The molecule has 18 heavy (non-hydrogen) atoms. The Labute approximate surface area is 112 Å². The molecule has 2 heteroatoms. The molecule has 0 bridgehead atoms. The van der Waals surface area contributed by atoms with Crippen LogP contribution in [0.4, 0.5) is 0 Å². The minimum Gasteiger partial charge on any atom is -0.542 e. The predicted octanol–water partition coefficient (Wildman–Crippen LogP) is 4.77. The fourth-order valence-electron chi connectivity index (χ4n) is 2.23. The number of benzene rings is 2. The topological polar surface area (TPSA) is 9.23 Å². The lowest BCUT2D eigenvalue weighted by atomic mass is 9.83. The minimum absolute atomic E-state index is 0.157. The zero-order valence-electron chi connectivity index (χ0n) is 11.9. The zero-order chi connectivity index (χ0) is 13.3. The Kier molecular flexibility index (Phi) is 3.49. The molecule has 2 aromatic rings. The molecule has 0 saturated heterocycles. The van der Waals surface area contributed by atoms with E-state index in [-0.39, 0.29) is 5.41 Å². The molecule has 2 aromatic carbocycles. The normalized spacial score (nSPS) is 12.1. The van der Waals surface area contributed by atoms with Gasteiger partial charge in [0.25, 0.3) is 9.04 Å². The van der Waals surface area contributed by atoms with Crippen molar-refractivity contribution < 1.29 is 4.43 Å². The average Bonchev–Trinajstić information content (AvgIpc) is 2.27. The van der Waals surface area contributed by atoms with Gasteiger partial charge < -0.3 is 4.43 Å². The first-order valence-electron chi connectivity index (χ1n) is 6.40. The summed E-state index contributed by atoms with van der Waals surface area (Å²) in [7, 11) is -0.725. The summed E-state index contributed by atoms with van der Waals surface area (Å²) < 4.78 is 6.00. The molecule has 0 spiro atoms. The Balaban J connectivity index is 2.66. The Morgan fingerprint density at radius 3 is 2.06 bits per heavy atom. The molecule has 0 saturated carbocycles. The highest BCUT2D eigenvalue weighted by atomic mass is 28.3. The molecule has 95 valence electrons. The van der Waals surface area contributed by atoms with Crippen molar-refractivity contribution in [2.45, 2.75) is 39.3 Å². The minimum atomic E-state index is -0.725. The van der Waals surface area contributed by atoms with Gasteiger partial charge in [-0.25, -0.2) is 0 Å². The van der Waals surface area contributed by atoms with Gasteiger partial charge in [-0.3, -0.25) is 0 Å². The summed E-state index contributed by atoms with van der Waals surface area (Å²) >= 11 is 0. The zero-order valence-corrected chi connectivity index (χ0v) is 12.9. The Hall–Kier alpha value is -1.28. The molecule has 0 fully saturated rings. The largest absolute Gasteiger partial charge is 0.542 e. The van der Waals surface area contributed by atoms with Crippen LogP contribution in [0.1, 0.15) is 26.3 Å². The van der Waals surface area contributed by atoms with E-state index < -0.39 is 9.04 Å². The second kappa shape index (κ2) is 4.77. The lowest BCUT2D eigenvalue weighted by Crippen LogP contribution is -2.14. The van der Waals surface area contributed by atoms with Gasteiger partial charge in [0, 0.05) is 5.39 Å². The Morgan fingerprint density at radius 1 is 0.889 bits per heavy atom. The molecule has 0 N–H and O–H groups in total. The van der Waals surface area contributed by atoms with Crippen molar-refractivity contribution >= 4 is 19.8 Å². The van der Waals surface area contributed by atoms with Crippen molar-refractivity contribution in [3.05, 3.63) is 42.0 Å². The van der Waals surface area contributed by atoms with Gasteiger partial charge >= 0.3 is 0 Å². The average molecular weight is 257 g/mol. The predicted molar refractivity (Wildman–Crippen MR) is 80.8 cm³/mol. The Bertz CT molecular complexity index is 553. The maximum atomic E-state index is 6.00. The van der Waals surface area contributed by atoms with E-state index in [1.807, 2.05) is 0 Å². The van der Waals surface area contributed by atoms with E-state index >= 15 is 0 Å². The van der Waals surface area contributed by atoms with Gasteiger partial charge in [-0.05, 0) is 35.5 Å². The van der Waals surface area contributed by atoms with Crippen LogP contribution in [0.25, 0.3) is 10.8 Å². The molecular weight excluding hydrogens is 236 g/mol. The first-order valence-corrected chi connectivity index (χ1v) is 8.80. The van der Waals surface area contributed by atoms with Crippen LogP contribution in [0.3, 0.4) is 0 Å². The highest BCUT2D eigenvalue weighted by Gasteiger charge is 2.18. The third-order valence-corrected chi connectivity index (χ3v) is 3.63. The Morgan fingerprint density at radius 2 is 1.50 bits per heavy atom. The maximum Gasteiger partial charge on any atom is 0.274 e. The molecule has 1 radical (unpaired) electrons. The highest BCUT2D eigenvalue weighted by molar-refractivity contribution is 6.49. The third kappa shape index (κ3) is 2.59. The van der Waals surface area contributed by atoms with Crippen molar-refractivity contribution in [1.82, 2.24) is 0 Å². The molecule has 2 rings (SSSR count). The molecule has 0 atom stereocenters. The molecule has 0 aromatic heterocycles. The van der Waals surface area contributed by atoms with Gasteiger partial charge in [-0.1, -0.05) is 51.1 Å². The second-order valence-electron chi connectivity index (χ2n) is 5.92. The second-order valence-corrected chi connectivity index (χ2v) is 7.94. The monoisotopic (exact) mass is 257 g/mol. The molecule has 0 aliphatic rings. The van der Waals surface area contributed by atoms with E-state index in [0.717, 1.165) is 5.75 Å². The van der Waals surface area contributed by atoms with Crippen LogP contribution < -0.4 is 4.43 Å². The van der Waals surface area contributed by atoms with Gasteiger partial charge in [-0.15, -0.1) is 0 Å². The summed E-state index contributed by atoms with van der Waals surface area (Å²) in [6, 6.07) is 12.9. The number of hydrogen-bond donors (Lipinski definition) is 0. The van der Waals surface area contributed by atoms with E-state index in [4.69, 9.17) is 4.43 Å². The van der Waals surface area contributed by atoms with Crippen LogP contribution in [0.2, 0.25) is 13.1 Å². The van der Waals surface area contributed by atoms with Crippen molar-refractivity contribution in [1.29, 1.82) is 0 Å². The fraction of sp³-hybridized carbons (Fsp3) is 0.375. The van der Waals surface area contributed by atoms with E-state index in [1.165, 1.54) is 16.3 Å². The third-order valence-electron chi connectivity index (χ3n) is 3.01. The van der Waals surface area contributed by atoms with Crippen molar-refractivity contribution in [3.63, 3.8) is 0 Å². The number of hydrogen-bond acceptors (Lipinski definition) is 1. The van der Waals surface area contributed by atoms with Crippen molar-refractivity contribution in [2.75, 3.05) is 0 Å². The van der Waals surface area contributed by atoms with E-state index in [2.05, 4.69) is 70.3 Å². The molecular formula is C16H21OSi. The smallest absolute Gasteiger partial charge is 0.274 e. The molecule has 0 heterocycles. The van der Waals surface area contributed by atoms with Crippen molar-refractivity contribution in [2.24, 2.45) is 0 Å². The van der Waals surface area contributed by atoms with Gasteiger partial charge in [0.2, 0.25) is 0 Å². The van der Waals surface area contributed by atoms with Gasteiger partial charge in [0.1, 0.15) is 5.75 Å². The van der Waals surface area contributed by atoms with Crippen LogP contribution in [0, 0.1) is 0 Å². The summed E-state index contributed by atoms with van der Waals surface area (Å²) in [5.41, 5.74) is 1.54. The van der Waals surface area contributed by atoms with E-state index in [1.54, 1.807) is 0 Å². The lowest BCUT2D eigenvalue weighted by molar-refractivity contribution is 0.580. The lowest BCUT2D eigenvalue weighted by Gasteiger charge is -2.23. The molecule has 0 unspecified atom stereocenters. The summed E-state index contributed by atoms with van der Waals surface area (Å²) in [5, 5.41) is 2.54. The fourth-order valence-corrected chi connectivity index (χ4v) is 2.85. The molecule has 0 amide bonds. The first-order chi connectivity index (χ1) is 8.39.